The van der Waals surface area contributed by atoms with Crippen LogP contribution >= 0.6 is 0 Å². The Bertz CT molecular complexity index is 521. The molecule has 0 bridgehead atoms. The summed E-state index contributed by atoms with van der Waals surface area (Å²) in [5.41, 5.74) is 0.667. The molecule has 0 spiro atoms. The second-order valence-electron chi connectivity index (χ2n) is 8.55. The van der Waals surface area contributed by atoms with Crippen LogP contribution in [0.1, 0.15) is 79.6 Å². The molecule has 1 N–H and O–H groups in total. The highest BCUT2D eigenvalue weighted by Gasteiger charge is 2.26. The Morgan fingerprint density at radius 1 is 1.00 bits per heavy atom. The molecule has 3 amide bonds. The first-order chi connectivity index (χ1) is 12.1. The second kappa shape index (κ2) is 9.89. The molecule has 5 nitrogen and oxygen atoms in total. The maximum absolute atomic E-state index is 12.0. The Kier molecular flexibility index (Phi) is 8.51. The van der Waals surface area contributed by atoms with Crippen molar-refractivity contribution in [2.45, 2.75) is 79.6 Å². The van der Waals surface area contributed by atoms with Gasteiger partial charge in [0.15, 0.2) is 0 Å². The predicted molar refractivity (Wildman–Crippen MR) is 104 cm³/mol. The Morgan fingerprint density at radius 3 is 2.15 bits per heavy atom. The fourth-order valence-electron chi connectivity index (χ4n) is 3.02. The number of nitrogens with one attached hydrogen (secondary N) is 1. The highest BCUT2D eigenvalue weighted by molar-refractivity contribution is 6.12. The number of carbonyl (C=O) groups excluding carboxylic acids is 3. The van der Waals surface area contributed by atoms with Gasteiger partial charge in [0.25, 0.3) is 11.8 Å². The third kappa shape index (κ3) is 7.30. The van der Waals surface area contributed by atoms with E-state index >= 15 is 0 Å². The minimum Gasteiger partial charge on any atom is -0.354 e. The van der Waals surface area contributed by atoms with Crippen LogP contribution in [0.3, 0.4) is 0 Å². The van der Waals surface area contributed by atoms with Crippen LogP contribution in [0.15, 0.2) is 12.2 Å². The summed E-state index contributed by atoms with van der Waals surface area (Å²) in [5.74, 6) is -0.625. The largest absolute Gasteiger partial charge is 0.354 e. The third-order valence-electron chi connectivity index (χ3n) is 5.96. The Hall–Kier alpha value is -1.65. The number of hydrogen-bond donors (Lipinski definition) is 1. The molecular formula is C21H36N2O3. The summed E-state index contributed by atoms with van der Waals surface area (Å²) in [6, 6.07) is 0. The molecular weight excluding hydrogens is 328 g/mol. The monoisotopic (exact) mass is 364 g/mol. The molecule has 148 valence electrons. The van der Waals surface area contributed by atoms with E-state index in [0.717, 1.165) is 24.2 Å². The summed E-state index contributed by atoms with van der Waals surface area (Å²) in [7, 11) is 0. The minimum atomic E-state index is -0.307. The average molecular weight is 365 g/mol. The lowest BCUT2D eigenvalue weighted by atomic mass is 9.73. The normalized spacial score (nSPS) is 16.9. The maximum Gasteiger partial charge on any atom is 0.253 e. The zero-order valence-electron chi connectivity index (χ0n) is 17.2. The zero-order chi connectivity index (χ0) is 19.8. The molecule has 26 heavy (non-hydrogen) atoms. The Balaban J connectivity index is 2.26. The number of carbonyl (C=O) groups is 3. The lowest BCUT2D eigenvalue weighted by Crippen LogP contribution is -2.38. The average Bonchev–Trinajstić information content (AvgIpc) is 2.92. The topological polar surface area (TPSA) is 66.5 Å². The van der Waals surface area contributed by atoms with Crippen molar-refractivity contribution in [3.63, 3.8) is 0 Å². The summed E-state index contributed by atoms with van der Waals surface area (Å²) in [4.78, 5) is 36.0. The van der Waals surface area contributed by atoms with Crippen molar-refractivity contribution in [2.24, 2.45) is 10.8 Å². The van der Waals surface area contributed by atoms with Crippen LogP contribution in [0.4, 0.5) is 0 Å². The van der Waals surface area contributed by atoms with Gasteiger partial charge in [-0.25, -0.2) is 0 Å². The van der Waals surface area contributed by atoms with E-state index in [1.165, 1.54) is 31.4 Å². The van der Waals surface area contributed by atoms with Gasteiger partial charge in [0.2, 0.25) is 5.91 Å². The lowest BCUT2D eigenvalue weighted by Gasteiger charge is -2.33. The van der Waals surface area contributed by atoms with Crippen LogP contribution in [0.5, 0.6) is 0 Å². The highest BCUT2D eigenvalue weighted by Crippen LogP contribution is 2.38. The van der Waals surface area contributed by atoms with Gasteiger partial charge in [0, 0.05) is 31.7 Å². The number of imide groups is 1. The summed E-state index contributed by atoms with van der Waals surface area (Å²) in [6.45, 7) is 12.0. The van der Waals surface area contributed by atoms with E-state index in [2.05, 4.69) is 39.9 Å². The van der Waals surface area contributed by atoms with Crippen molar-refractivity contribution in [3.05, 3.63) is 12.2 Å². The van der Waals surface area contributed by atoms with Gasteiger partial charge in [0.05, 0.1) is 0 Å². The van der Waals surface area contributed by atoms with Gasteiger partial charge in [0.1, 0.15) is 0 Å². The van der Waals surface area contributed by atoms with Crippen molar-refractivity contribution in [3.8, 4) is 0 Å². The molecule has 0 radical (unpaired) electrons. The van der Waals surface area contributed by atoms with Crippen LogP contribution in [-0.2, 0) is 14.4 Å². The van der Waals surface area contributed by atoms with E-state index in [1.54, 1.807) is 0 Å². The molecule has 0 fully saturated rings. The molecule has 0 aliphatic carbocycles. The molecule has 5 heteroatoms. The van der Waals surface area contributed by atoms with Crippen molar-refractivity contribution < 1.29 is 14.4 Å². The first-order valence-electron chi connectivity index (χ1n) is 9.93. The van der Waals surface area contributed by atoms with Crippen LogP contribution in [0.2, 0.25) is 0 Å². The van der Waals surface area contributed by atoms with Crippen molar-refractivity contribution in [1.82, 2.24) is 10.2 Å². The fraction of sp³-hybridized carbons (Fsp3) is 0.762. The standard InChI is InChI=1S/C21H36N2O3/c1-6-20(3,4)13-14-21(5,7-2)12-8-9-17(24)22-15-16-23-18(25)10-11-19(23)26/h10-11H,6-9,12-16H2,1-5H3,(H,22,24). The third-order valence-corrected chi connectivity index (χ3v) is 5.96. The number of hydrogen-bond acceptors (Lipinski definition) is 3. The molecule has 0 aromatic carbocycles. The van der Waals surface area contributed by atoms with Crippen molar-refractivity contribution in [2.75, 3.05) is 13.1 Å². The zero-order valence-corrected chi connectivity index (χ0v) is 17.2. The van der Waals surface area contributed by atoms with Crippen LogP contribution in [0.25, 0.3) is 0 Å². The summed E-state index contributed by atoms with van der Waals surface area (Å²) >= 11 is 0. The fourth-order valence-corrected chi connectivity index (χ4v) is 3.02. The van der Waals surface area contributed by atoms with E-state index in [-0.39, 0.29) is 29.7 Å². The van der Waals surface area contributed by atoms with Gasteiger partial charge >= 0.3 is 0 Å². The molecule has 1 aliphatic rings. The van der Waals surface area contributed by atoms with Gasteiger partial charge in [-0.2, -0.15) is 0 Å². The molecule has 1 unspecified atom stereocenters. The van der Waals surface area contributed by atoms with E-state index in [0.29, 0.717) is 18.4 Å². The van der Waals surface area contributed by atoms with Crippen molar-refractivity contribution >= 4 is 17.7 Å². The Morgan fingerprint density at radius 2 is 1.62 bits per heavy atom. The maximum atomic E-state index is 12.0. The second-order valence-corrected chi connectivity index (χ2v) is 8.55. The van der Waals surface area contributed by atoms with E-state index in [9.17, 15) is 14.4 Å². The number of rotatable bonds is 12. The van der Waals surface area contributed by atoms with E-state index in [1.807, 2.05) is 0 Å². The smallest absolute Gasteiger partial charge is 0.253 e. The first-order valence-corrected chi connectivity index (χ1v) is 9.93. The minimum absolute atomic E-state index is 0.00982. The molecule has 0 aromatic heterocycles. The van der Waals surface area contributed by atoms with Gasteiger partial charge in [-0.05, 0) is 36.5 Å². The van der Waals surface area contributed by atoms with Crippen molar-refractivity contribution in [1.29, 1.82) is 0 Å². The first kappa shape index (κ1) is 22.4. The molecule has 0 aromatic rings. The number of nitrogens with zero attached hydrogens (tertiary/aromatic N) is 1. The highest BCUT2D eigenvalue weighted by atomic mass is 16.2. The molecule has 0 saturated heterocycles. The molecule has 1 heterocycles. The van der Waals surface area contributed by atoms with Gasteiger partial charge < -0.3 is 5.32 Å². The quantitative estimate of drug-likeness (QED) is 0.535. The molecule has 1 aliphatic heterocycles. The van der Waals surface area contributed by atoms with Crippen LogP contribution < -0.4 is 5.32 Å². The lowest BCUT2D eigenvalue weighted by molar-refractivity contribution is -0.137. The molecule has 0 saturated carbocycles. The van der Waals surface area contributed by atoms with Gasteiger partial charge in [-0.15, -0.1) is 0 Å². The van der Waals surface area contributed by atoms with Gasteiger partial charge in [-0.1, -0.05) is 47.5 Å². The van der Waals surface area contributed by atoms with Gasteiger partial charge in [-0.3, -0.25) is 19.3 Å². The van der Waals surface area contributed by atoms with Crippen LogP contribution in [-0.4, -0.2) is 35.7 Å². The summed E-state index contributed by atoms with van der Waals surface area (Å²) in [6.07, 6.45) is 9.64. The van der Waals surface area contributed by atoms with E-state index in [4.69, 9.17) is 0 Å². The van der Waals surface area contributed by atoms with Crippen LogP contribution in [0, 0.1) is 10.8 Å². The molecule has 1 atom stereocenters. The SMILES string of the molecule is CCC(C)(C)CCC(C)(CC)CCCC(=O)NCCN1C(=O)C=CC1=O. The predicted octanol–water partition coefficient (Wildman–Crippen LogP) is 3.83. The number of amides is 3. The summed E-state index contributed by atoms with van der Waals surface area (Å²) in [5, 5.41) is 2.81. The molecule has 1 rings (SSSR count). The summed E-state index contributed by atoms with van der Waals surface area (Å²) < 4.78 is 0. The van der Waals surface area contributed by atoms with E-state index < -0.39 is 0 Å². The Labute approximate surface area is 158 Å².